The number of rotatable bonds is 7. The van der Waals surface area contributed by atoms with Crippen LogP contribution in [0.4, 0.5) is 4.79 Å². The van der Waals surface area contributed by atoms with Gasteiger partial charge in [-0.2, -0.15) is 0 Å². The van der Waals surface area contributed by atoms with Crippen molar-refractivity contribution >= 4 is 40.5 Å². The van der Waals surface area contributed by atoms with Crippen LogP contribution in [0.2, 0.25) is 5.02 Å². The van der Waals surface area contributed by atoms with Gasteiger partial charge in [-0.1, -0.05) is 23.7 Å². The number of benzene rings is 2. The molecule has 10 nitrogen and oxygen atoms in total. The number of carboxylic acids is 1. The quantitative estimate of drug-likeness (QED) is 0.443. The molecule has 2 aromatic carbocycles. The summed E-state index contributed by atoms with van der Waals surface area (Å²) in [6.45, 7) is 1.28. The SMILES string of the molecule is Cn1c(C(=O)NC2(c3ccc(C(=O)O)cc3)CCOC2)cc2c(Cl)cc(OCC3CNC(=O)O3)cc21. The van der Waals surface area contributed by atoms with Crippen molar-refractivity contribution in [3.05, 3.63) is 64.3 Å². The Morgan fingerprint density at radius 1 is 1.28 bits per heavy atom. The van der Waals surface area contributed by atoms with Gasteiger partial charge in [0.2, 0.25) is 0 Å². The fourth-order valence-electron chi connectivity index (χ4n) is 4.55. The Hall–Kier alpha value is -3.76. The van der Waals surface area contributed by atoms with E-state index >= 15 is 0 Å². The van der Waals surface area contributed by atoms with Crippen molar-refractivity contribution < 1.29 is 33.7 Å². The molecule has 2 aliphatic heterocycles. The lowest BCUT2D eigenvalue weighted by atomic mass is 9.88. The van der Waals surface area contributed by atoms with Crippen molar-refractivity contribution in [2.45, 2.75) is 18.1 Å². The summed E-state index contributed by atoms with van der Waals surface area (Å²) in [5.74, 6) is -0.842. The fourth-order valence-corrected chi connectivity index (χ4v) is 4.81. The van der Waals surface area contributed by atoms with Crippen molar-refractivity contribution in [1.82, 2.24) is 15.2 Å². The van der Waals surface area contributed by atoms with Gasteiger partial charge < -0.3 is 34.5 Å². The number of hydrogen-bond donors (Lipinski definition) is 3. The summed E-state index contributed by atoms with van der Waals surface area (Å²) in [6, 6.07) is 11.6. The van der Waals surface area contributed by atoms with E-state index in [9.17, 15) is 19.5 Å². The number of hydrogen-bond acceptors (Lipinski definition) is 6. The largest absolute Gasteiger partial charge is 0.490 e. The number of halogens is 1. The van der Waals surface area contributed by atoms with Crippen LogP contribution >= 0.6 is 11.6 Å². The molecule has 2 aliphatic rings. The van der Waals surface area contributed by atoms with E-state index in [2.05, 4.69) is 10.6 Å². The van der Waals surface area contributed by atoms with E-state index < -0.39 is 23.7 Å². The molecule has 2 amide bonds. The number of ether oxygens (including phenoxy) is 3. The maximum atomic E-state index is 13.5. The van der Waals surface area contributed by atoms with Gasteiger partial charge in [-0.3, -0.25) is 4.79 Å². The molecule has 36 heavy (non-hydrogen) atoms. The molecular weight excluding hydrogens is 490 g/mol. The third-order valence-electron chi connectivity index (χ3n) is 6.56. The lowest BCUT2D eigenvalue weighted by molar-refractivity contribution is 0.0696. The first-order chi connectivity index (χ1) is 17.3. The Morgan fingerprint density at radius 3 is 2.69 bits per heavy atom. The summed E-state index contributed by atoms with van der Waals surface area (Å²) in [6.07, 6.45) is -0.316. The molecule has 188 valence electrons. The second-order valence-electron chi connectivity index (χ2n) is 8.87. The smallest absolute Gasteiger partial charge is 0.407 e. The van der Waals surface area contributed by atoms with Crippen molar-refractivity contribution in [3.8, 4) is 5.75 Å². The van der Waals surface area contributed by atoms with Crippen molar-refractivity contribution in [1.29, 1.82) is 0 Å². The summed E-state index contributed by atoms with van der Waals surface area (Å²) < 4.78 is 18.2. The highest BCUT2D eigenvalue weighted by Crippen LogP contribution is 2.34. The second kappa shape index (κ2) is 9.36. The van der Waals surface area contributed by atoms with Crippen LogP contribution in [0.3, 0.4) is 0 Å². The minimum atomic E-state index is -1.01. The highest BCUT2D eigenvalue weighted by molar-refractivity contribution is 6.35. The van der Waals surface area contributed by atoms with Gasteiger partial charge in [0.05, 0.1) is 34.8 Å². The third-order valence-corrected chi connectivity index (χ3v) is 6.87. The first kappa shape index (κ1) is 24.0. The predicted octanol–water partition coefficient (Wildman–Crippen LogP) is 3.06. The first-order valence-corrected chi connectivity index (χ1v) is 11.7. The number of aryl methyl sites for hydroxylation is 1. The molecule has 3 N–H and O–H groups in total. The standard InChI is InChI=1S/C25H24ClN3O7/c1-29-20-9-16(35-12-17-11-27-24(33)36-17)8-19(26)18(20)10-21(29)22(30)28-25(6-7-34-13-25)15-4-2-14(3-5-15)23(31)32/h2-5,8-10,17H,6-7,11-13H2,1H3,(H,27,33)(H,28,30)(H,31,32). The van der Waals surface area contributed by atoms with Gasteiger partial charge in [0.1, 0.15) is 18.1 Å². The Bertz CT molecular complexity index is 1350. The summed E-state index contributed by atoms with van der Waals surface area (Å²) in [7, 11) is 1.76. The zero-order chi connectivity index (χ0) is 25.4. The molecule has 11 heteroatoms. The van der Waals surface area contributed by atoms with Gasteiger partial charge in [-0.05, 0) is 29.8 Å². The molecule has 1 aromatic heterocycles. The summed E-state index contributed by atoms with van der Waals surface area (Å²) >= 11 is 6.51. The van der Waals surface area contributed by atoms with Crippen LogP contribution in [0.15, 0.2) is 42.5 Å². The number of carbonyl (C=O) groups excluding carboxylic acids is 2. The normalized spacial score (nSPS) is 21.3. The highest BCUT2D eigenvalue weighted by atomic mass is 35.5. The maximum Gasteiger partial charge on any atom is 0.407 e. The molecule has 2 unspecified atom stereocenters. The highest BCUT2D eigenvalue weighted by Gasteiger charge is 2.39. The molecule has 2 fully saturated rings. The number of carbonyl (C=O) groups is 3. The van der Waals surface area contributed by atoms with E-state index in [4.69, 9.17) is 25.8 Å². The number of nitrogens with one attached hydrogen (secondary N) is 2. The fraction of sp³-hybridized carbons (Fsp3) is 0.320. The van der Waals surface area contributed by atoms with E-state index in [-0.39, 0.29) is 24.7 Å². The molecule has 3 aromatic rings. The molecule has 5 rings (SSSR count). The van der Waals surface area contributed by atoms with Gasteiger partial charge in [0.15, 0.2) is 6.10 Å². The minimum Gasteiger partial charge on any atom is -0.490 e. The molecule has 3 heterocycles. The Kier molecular flexibility index (Phi) is 6.23. The van der Waals surface area contributed by atoms with Crippen LogP contribution in [-0.4, -0.2) is 60.1 Å². The Labute approximate surface area is 211 Å². The zero-order valence-electron chi connectivity index (χ0n) is 19.4. The van der Waals surface area contributed by atoms with Gasteiger partial charge >= 0.3 is 12.1 Å². The van der Waals surface area contributed by atoms with E-state index in [1.54, 1.807) is 41.9 Å². The number of nitrogens with zero attached hydrogens (tertiary/aromatic N) is 1. The monoisotopic (exact) mass is 513 g/mol. The Morgan fingerprint density at radius 2 is 2.06 bits per heavy atom. The number of aromatic carboxylic acids is 1. The first-order valence-electron chi connectivity index (χ1n) is 11.4. The number of carboxylic acid groups (broad SMARTS) is 1. The third kappa shape index (κ3) is 4.45. The van der Waals surface area contributed by atoms with Crippen LogP contribution in [0.25, 0.3) is 10.9 Å². The zero-order valence-corrected chi connectivity index (χ0v) is 20.1. The molecule has 0 saturated carbocycles. The van der Waals surface area contributed by atoms with Crippen LogP contribution in [0.1, 0.15) is 32.8 Å². The minimum absolute atomic E-state index is 0.168. The molecular formula is C25H24ClN3O7. The van der Waals surface area contributed by atoms with Crippen molar-refractivity contribution in [2.75, 3.05) is 26.4 Å². The molecule has 0 aliphatic carbocycles. The van der Waals surface area contributed by atoms with E-state index in [0.717, 1.165) is 5.56 Å². The number of fused-ring (bicyclic) bond motifs is 1. The topological polar surface area (TPSA) is 128 Å². The Balaban J connectivity index is 1.39. The second-order valence-corrected chi connectivity index (χ2v) is 9.27. The summed E-state index contributed by atoms with van der Waals surface area (Å²) in [5.41, 5.74) is 1.25. The number of alkyl carbamates (subject to hydrolysis) is 1. The van der Waals surface area contributed by atoms with Gasteiger partial charge in [-0.15, -0.1) is 0 Å². The van der Waals surface area contributed by atoms with E-state index in [1.807, 2.05) is 0 Å². The van der Waals surface area contributed by atoms with Crippen LogP contribution in [0.5, 0.6) is 5.75 Å². The number of amides is 2. The van der Waals surface area contributed by atoms with Crippen molar-refractivity contribution in [2.24, 2.45) is 7.05 Å². The number of cyclic esters (lactones) is 1. The summed E-state index contributed by atoms with van der Waals surface area (Å²) in [5, 5.41) is 16.0. The molecule has 0 bridgehead atoms. The van der Waals surface area contributed by atoms with Gasteiger partial charge in [-0.25, -0.2) is 9.59 Å². The summed E-state index contributed by atoms with van der Waals surface area (Å²) in [4.78, 5) is 35.9. The van der Waals surface area contributed by atoms with Gasteiger partial charge in [0, 0.05) is 31.5 Å². The van der Waals surface area contributed by atoms with Crippen LogP contribution in [-0.2, 0) is 22.1 Å². The van der Waals surface area contributed by atoms with E-state index in [1.165, 1.54) is 12.1 Å². The molecule has 0 spiro atoms. The van der Waals surface area contributed by atoms with Gasteiger partial charge in [0.25, 0.3) is 5.91 Å². The average Bonchev–Trinajstić information content (AvgIpc) is 3.58. The van der Waals surface area contributed by atoms with E-state index in [0.29, 0.717) is 46.9 Å². The van der Waals surface area contributed by atoms with Crippen LogP contribution in [0, 0.1) is 0 Å². The van der Waals surface area contributed by atoms with Crippen molar-refractivity contribution in [3.63, 3.8) is 0 Å². The molecule has 2 saturated heterocycles. The molecule has 2 atom stereocenters. The molecule has 0 radical (unpaired) electrons. The lowest BCUT2D eigenvalue weighted by Crippen LogP contribution is -2.47. The predicted molar refractivity (Wildman–Crippen MR) is 130 cm³/mol. The lowest BCUT2D eigenvalue weighted by Gasteiger charge is -2.29. The maximum absolute atomic E-state index is 13.5. The van der Waals surface area contributed by atoms with Crippen LogP contribution < -0.4 is 15.4 Å². The number of aromatic nitrogens is 1. The average molecular weight is 514 g/mol.